The minimum atomic E-state index is -0.299. The SMILES string of the molecule is Cc1ccc(CNC(=O)c2cc(-c3cnccc3CO)ccc2OC2CCC2)cc1F. The van der Waals surface area contributed by atoms with Gasteiger partial charge in [0.2, 0.25) is 0 Å². The van der Waals surface area contributed by atoms with Crippen LogP contribution in [0.3, 0.4) is 0 Å². The van der Waals surface area contributed by atoms with E-state index in [1.165, 1.54) is 6.07 Å². The van der Waals surface area contributed by atoms with Crippen LogP contribution >= 0.6 is 0 Å². The number of aryl methyl sites for hydroxylation is 1. The zero-order valence-electron chi connectivity index (χ0n) is 17.4. The van der Waals surface area contributed by atoms with Crippen molar-refractivity contribution in [1.29, 1.82) is 0 Å². The fraction of sp³-hybridized carbons (Fsp3) is 0.280. The first kappa shape index (κ1) is 21.0. The second-order valence-electron chi connectivity index (χ2n) is 7.84. The third kappa shape index (κ3) is 4.75. The highest BCUT2D eigenvalue weighted by atomic mass is 19.1. The molecule has 0 saturated heterocycles. The number of aromatic nitrogens is 1. The molecule has 2 aromatic carbocycles. The normalized spacial score (nSPS) is 13.5. The number of halogens is 1. The van der Waals surface area contributed by atoms with Crippen molar-refractivity contribution >= 4 is 5.91 Å². The zero-order chi connectivity index (χ0) is 21.8. The van der Waals surface area contributed by atoms with E-state index in [0.29, 0.717) is 22.4 Å². The number of nitrogens with one attached hydrogen (secondary N) is 1. The Morgan fingerprint density at radius 1 is 1.23 bits per heavy atom. The molecular formula is C25H25FN2O3. The van der Waals surface area contributed by atoms with Gasteiger partial charge in [-0.25, -0.2) is 4.39 Å². The Bertz CT molecular complexity index is 1100. The number of benzene rings is 2. The van der Waals surface area contributed by atoms with Gasteiger partial charge in [-0.05, 0) is 72.7 Å². The lowest BCUT2D eigenvalue weighted by atomic mass is 9.95. The molecule has 1 heterocycles. The van der Waals surface area contributed by atoms with Crippen molar-refractivity contribution in [2.24, 2.45) is 0 Å². The van der Waals surface area contributed by atoms with Gasteiger partial charge < -0.3 is 15.2 Å². The molecule has 1 amide bonds. The number of hydrogen-bond donors (Lipinski definition) is 2. The molecule has 0 radical (unpaired) electrons. The number of nitrogens with zero attached hydrogens (tertiary/aromatic N) is 1. The van der Waals surface area contributed by atoms with Gasteiger partial charge >= 0.3 is 0 Å². The summed E-state index contributed by atoms with van der Waals surface area (Å²) in [5.74, 6) is -0.0714. The fourth-order valence-electron chi connectivity index (χ4n) is 3.49. The molecule has 0 unspecified atom stereocenters. The number of aliphatic hydroxyl groups excluding tert-OH is 1. The van der Waals surface area contributed by atoms with Gasteiger partial charge in [0.25, 0.3) is 5.91 Å². The van der Waals surface area contributed by atoms with E-state index in [2.05, 4.69) is 10.3 Å². The summed E-state index contributed by atoms with van der Waals surface area (Å²) in [6.07, 6.45) is 6.49. The molecule has 0 bridgehead atoms. The Labute approximate surface area is 180 Å². The second-order valence-corrected chi connectivity index (χ2v) is 7.84. The van der Waals surface area contributed by atoms with Crippen LogP contribution in [0, 0.1) is 12.7 Å². The molecule has 1 aromatic heterocycles. The molecule has 0 spiro atoms. The predicted molar refractivity (Wildman–Crippen MR) is 116 cm³/mol. The van der Waals surface area contributed by atoms with Gasteiger partial charge in [-0.2, -0.15) is 0 Å². The molecule has 160 valence electrons. The first-order chi connectivity index (χ1) is 15.0. The molecule has 1 aliphatic carbocycles. The number of carbonyl (C=O) groups is 1. The van der Waals surface area contributed by atoms with Crippen LogP contribution in [0.25, 0.3) is 11.1 Å². The highest BCUT2D eigenvalue weighted by Crippen LogP contribution is 2.32. The molecule has 5 nitrogen and oxygen atoms in total. The summed E-state index contributed by atoms with van der Waals surface area (Å²) >= 11 is 0. The summed E-state index contributed by atoms with van der Waals surface area (Å²) in [7, 11) is 0. The molecule has 2 N–H and O–H groups in total. The molecular weight excluding hydrogens is 395 g/mol. The largest absolute Gasteiger partial charge is 0.490 e. The number of carbonyl (C=O) groups excluding carboxylic acids is 1. The van der Waals surface area contributed by atoms with Crippen molar-refractivity contribution in [2.45, 2.75) is 45.4 Å². The first-order valence-electron chi connectivity index (χ1n) is 10.4. The van der Waals surface area contributed by atoms with E-state index in [0.717, 1.165) is 36.0 Å². The van der Waals surface area contributed by atoms with Crippen LogP contribution in [0.4, 0.5) is 4.39 Å². The monoisotopic (exact) mass is 420 g/mol. The van der Waals surface area contributed by atoms with Gasteiger partial charge in [-0.3, -0.25) is 9.78 Å². The van der Waals surface area contributed by atoms with E-state index in [9.17, 15) is 14.3 Å². The summed E-state index contributed by atoms with van der Waals surface area (Å²) in [4.78, 5) is 17.2. The summed E-state index contributed by atoms with van der Waals surface area (Å²) in [5, 5.41) is 12.5. The summed E-state index contributed by atoms with van der Waals surface area (Å²) in [5.41, 5.74) is 3.91. The number of hydrogen-bond acceptors (Lipinski definition) is 4. The first-order valence-corrected chi connectivity index (χ1v) is 10.4. The number of ether oxygens (including phenoxy) is 1. The lowest BCUT2D eigenvalue weighted by Crippen LogP contribution is -2.28. The standard InChI is InChI=1S/C25H25FN2O3/c1-16-5-6-17(11-23(16)26)13-28-25(30)21-12-18(22-14-27-10-9-19(22)15-29)7-8-24(21)31-20-3-2-4-20/h5-12,14,20,29H,2-4,13,15H2,1H3,(H,28,30). The van der Waals surface area contributed by atoms with Crippen molar-refractivity contribution in [2.75, 3.05) is 0 Å². The third-order valence-electron chi connectivity index (χ3n) is 5.65. The Kier molecular flexibility index (Phi) is 6.28. The van der Waals surface area contributed by atoms with E-state index >= 15 is 0 Å². The number of amides is 1. The van der Waals surface area contributed by atoms with Crippen LogP contribution in [-0.4, -0.2) is 22.1 Å². The summed E-state index contributed by atoms with van der Waals surface area (Å²) < 4.78 is 19.9. The Morgan fingerprint density at radius 3 is 2.77 bits per heavy atom. The van der Waals surface area contributed by atoms with Gasteiger partial charge in [-0.15, -0.1) is 0 Å². The van der Waals surface area contributed by atoms with Crippen LogP contribution in [0.5, 0.6) is 5.75 Å². The molecule has 4 rings (SSSR count). The topological polar surface area (TPSA) is 71.5 Å². The van der Waals surface area contributed by atoms with E-state index in [1.54, 1.807) is 49.6 Å². The van der Waals surface area contributed by atoms with Crippen LogP contribution in [0.1, 0.15) is 46.3 Å². The average molecular weight is 420 g/mol. The van der Waals surface area contributed by atoms with Gasteiger partial charge in [0, 0.05) is 24.5 Å². The molecule has 1 aliphatic rings. The molecule has 3 aromatic rings. The molecule has 0 aliphatic heterocycles. The summed E-state index contributed by atoms with van der Waals surface area (Å²) in [6.45, 7) is 1.78. The van der Waals surface area contributed by atoms with Gasteiger partial charge in [0.05, 0.1) is 18.3 Å². The smallest absolute Gasteiger partial charge is 0.255 e. The van der Waals surface area contributed by atoms with Crippen LogP contribution < -0.4 is 10.1 Å². The number of rotatable bonds is 7. The Hall–Kier alpha value is -3.25. The van der Waals surface area contributed by atoms with Crippen molar-refractivity contribution in [3.63, 3.8) is 0 Å². The van der Waals surface area contributed by atoms with Crippen molar-refractivity contribution in [3.8, 4) is 16.9 Å². The highest BCUT2D eigenvalue weighted by Gasteiger charge is 2.23. The lowest BCUT2D eigenvalue weighted by Gasteiger charge is -2.27. The van der Waals surface area contributed by atoms with Gasteiger partial charge in [0.15, 0.2) is 0 Å². The third-order valence-corrected chi connectivity index (χ3v) is 5.65. The van der Waals surface area contributed by atoms with Crippen molar-refractivity contribution in [3.05, 3.63) is 82.9 Å². The van der Waals surface area contributed by atoms with Crippen LogP contribution in [0.15, 0.2) is 54.9 Å². The van der Waals surface area contributed by atoms with Crippen LogP contribution in [0.2, 0.25) is 0 Å². The molecule has 1 fully saturated rings. The van der Waals surface area contributed by atoms with E-state index < -0.39 is 0 Å². The fourth-order valence-corrected chi connectivity index (χ4v) is 3.49. The minimum absolute atomic E-state index is 0.120. The lowest BCUT2D eigenvalue weighted by molar-refractivity contribution is 0.0925. The summed E-state index contributed by atoms with van der Waals surface area (Å²) in [6, 6.07) is 12.1. The molecule has 31 heavy (non-hydrogen) atoms. The van der Waals surface area contributed by atoms with E-state index in [-0.39, 0.29) is 31.0 Å². The maximum atomic E-state index is 13.8. The maximum Gasteiger partial charge on any atom is 0.255 e. The number of aliphatic hydroxyl groups is 1. The number of pyridine rings is 1. The molecule has 0 atom stereocenters. The quantitative estimate of drug-likeness (QED) is 0.588. The van der Waals surface area contributed by atoms with Crippen molar-refractivity contribution in [1.82, 2.24) is 10.3 Å². The van der Waals surface area contributed by atoms with Gasteiger partial charge in [0.1, 0.15) is 11.6 Å². The average Bonchev–Trinajstić information content (AvgIpc) is 2.76. The minimum Gasteiger partial charge on any atom is -0.490 e. The molecule has 6 heteroatoms. The van der Waals surface area contributed by atoms with E-state index in [1.807, 2.05) is 6.07 Å². The van der Waals surface area contributed by atoms with Gasteiger partial charge in [-0.1, -0.05) is 18.2 Å². The van der Waals surface area contributed by atoms with E-state index in [4.69, 9.17) is 4.74 Å². The zero-order valence-corrected chi connectivity index (χ0v) is 17.4. The van der Waals surface area contributed by atoms with Crippen molar-refractivity contribution < 1.29 is 19.0 Å². The highest BCUT2D eigenvalue weighted by molar-refractivity contribution is 5.98. The van der Waals surface area contributed by atoms with Crippen LogP contribution in [-0.2, 0) is 13.2 Å². The second kappa shape index (κ2) is 9.27. The molecule has 1 saturated carbocycles. The predicted octanol–water partition coefficient (Wildman–Crippen LogP) is 4.55. The maximum absolute atomic E-state index is 13.8. The Morgan fingerprint density at radius 2 is 2.06 bits per heavy atom. The Balaban J connectivity index is 1.61.